The first-order chi connectivity index (χ1) is 4.89. The Kier molecular flexibility index (Phi) is 0.636. The first kappa shape index (κ1) is 4.94. The van der Waals surface area contributed by atoms with Crippen molar-refractivity contribution >= 4 is 0 Å². The molecule has 0 radical (unpaired) electrons. The van der Waals surface area contributed by atoms with Crippen LogP contribution in [0, 0.1) is 5.92 Å². The molecule has 1 N–H and O–H groups in total. The van der Waals surface area contributed by atoms with Crippen molar-refractivity contribution in [2.75, 3.05) is 0 Å². The van der Waals surface area contributed by atoms with E-state index in [9.17, 15) is 0 Å². The van der Waals surface area contributed by atoms with E-state index in [0.717, 1.165) is 5.92 Å². The number of nitrogens with one attached hydrogen (secondary N) is 1. The summed E-state index contributed by atoms with van der Waals surface area (Å²) in [6.07, 6.45) is 7.95. The lowest BCUT2D eigenvalue weighted by Gasteiger charge is -2.60. The molecule has 2 heteroatoms. The molecule has 2 nitrogen and oxygen atoms in total. The van der Waals surface area contributed by atoms with Gasteiger partial charge in [0.25, 0.3) is 0 Å². The van der Waals surface area contributed by atoms with Gasteiger partial charge in [-0.1, -0.05) is 0 Å². The zero-order valence-electron chi connectivity index (χ0n) is 5.80. The van der Waals surface area contributed by atoms with Gasteiger partial charge >= 0.3 is 0 Å². The van der Waals surface area contributed by atoms with Crippen LogP contribution in [-0.2, 0) is 5.41 Å². The average Bonchev–Trinajstić information content (AvgIpc) is 2.06. The highest BCUT2D eigenvalue weighted by Crippen LogP contribution is 2.64. The number of nitrogens with zero attached hydrogens (tertiary/aromatic N) is 1. The fraction of sp³-hybridized carbons (Fsp3) is 0.625. The summed E-state index contributed by atoms with van der Waals surface area (Å²) in [7, 11) is 0. The minimum absolute atomic E-state index is 0.522. The lowest BCUT2D eigenvalue weighted by atomic mass is 9.44. The van der Waals surface area contributed by atoms with E-state index in [1.54, 1.807) is 0 Å². The monoisotopic (exact) mass is 134 g/mol. The number of imidazole rings is 1. The van der Waals surface area contributed by atoms with E-state index in [4.69, 9.17) is 0 Å². The summed E-state index contributed by atoms with van der Waals surface area (Å²) >= 11 is 0. The smallest absolute Gasteiger partial charge is 0.112 e. The van der Waals surface area contributed by atoms with Crippen molar-refractivity contribution in [3.63, 3.8) is 0 Å². The summed E-state index contributed by atoms with van der Waals surface area (Å²) < 4.78 is 0. The largest absolute Gasteiger partial charge is 0.348 e. The normalized spacial score (nSPS) is 42.2. The summed E-state index contributed by atoms with van der Waals surface area (Å²) in [4.78, 5) is 7.50. The number of hydrogen-bond acceptors (Lipinski definition) is 1. The molecule has 10 heavy (non-hydrogen) atoms. The number of H-pyrrole nitrogens is 1. The Hall–Kier alpha value is -0.790. The predicted molar refractivity (Wildman–Crippen MR) is 37.6 cm³/mol. The van der Waals surface area contributed by atoms with Crippen LogP contribution in [0.3, 0.4) is 0 Å². The van der Waals surface area contributed by atoms with Crippen molar-refractivity contribution in [3.05, 3.63) is 18.2 Å². The fourth-order valence-corrected chi connectivity index (χ4v) is 2.32. The minimum Gasteiger partial charge on any atom is -0.348 e. The summed E-state index contributed by atoms with van der Waals surface area (Å²) in [6, 6.07) is 0. The van der Waals surface area contributed by atoms with E-state index in [0.29, 0.717) is 5.41 Å². The van der Waals surface area contributed by atoms with Gasteiger partial charge in [0.05, 0.1) is 0 Å². The van der Waals surface area contributed by atoms with Crippen LogP contribution in [0.1, 0.15) is 25.1 Å². The van der Waals surface area contributed by atoms with Crippen LogP contribution >= 0.6 is 0 Å². The molecule has 0 unspecified atom stereocenters. The predicted octanol–water partition coefficient (Wildman–Crippen LogP) is 1.46. The van der Waals surface area contributed by atoms with Gasteiger partial charge in [-0.25, -0.2) is 4.98 Å². The number of rotatable bonds is 1. The van der Waals surface area contributed by atoms with E-state index in [2.05, 4.69) is 9.97 Å². The van der Waals surface area contributed by atoms with Gasteiger partial charge in [-0.05, 0) is 25.2 Å². The standard InChI is InChI=1S/C8H10N2/c1-2-10-7(9-1)8-3-6(4-8)5-8/h1-2,6H,3-5H2,(H,9,10). The Labute approximate surface area is 59.7 Å². The molecule has 1 aromatic rings. The molecule has 1 heterocycles. The highest BCUT2D eigenvalue weighted by molar-refractivity contribution is 5.24. The maximum atomic E-state index is 4.29. The second kappa shape index (κ2) is 1.29. The number of aromatic amines is 1. The Bertz CT molecular complexity index is 233. The minimum atomic E-state index is 0.522. The maximum absolute atomic E-state index is 4.29. The van der Waals surface area contributed by atoms with E-state index in [1.807, 2.05) is 12.4 Å². The topological polar surface area (TPSA) is 28.7 Å². The molecule has 3 aliphatic carbocycles. The van der Waals surface area contributed by atoms with Gasteiger partial charge in [-0.2, -0.15) is 0 Å². The molecule has 0 amide bonds. The Balaban J connectivity index is 2.01. The van der Waals surface area contributed by atoms with Crippen LogP contribution in [0.5, 0.6) is 0 Å². The average molecular weight is 134 g/mol. The zero-order valence-corrected chi connectivity index (χ0v) is 5.80. The van der Waals surface area contributed by atoms with Gasteiger partial charge in [0.15, 0.2) is 0 Å². The second-order valence-corrected chi connectivity index (χ2v) is 3.70. The Morgan fingerprint density at radius 3 is 2.70 bits per heavy atom. The second-order valence-electron chi connectivity index (χ2n) is 3.70. The molecule has 1 aromatic heterocycles. The van der Waals surface area contributed by atoms with Crippen LogP contribution in [0.2, 0.25) is 0 Å². The molecule has 0 saturated heterocycles. The molecule has 0 aromatic carbocycles. The molecular formula is C8H10N2. The SMILES string of the molecule is c1c[nH]c(C23CC(C2)C3)n1. The van der Waals surface area contributed by atoms with Crippen LogP contribution in [0.4, 0.5) is 0 Å². The van der Waals surface area contributed by atoms with Crippen molar-refractivity contribution in [2.24, 2.45) is 5.92 Å². The Morgan fingerprint density at radius 2 is 2.30 bits per heavy atom. The zero-order chi connectivity index (χ0) is 6.60. The first-order valence-corrected chi connectivity index (χ1v) is 3.89. The molecule has 3 saturated carbocycles. The number of hydrogen-bond donors (Lipinski definition) is 1. The highest BCUT2D eigenvalue weighted by Gasteiger charge is 2.58. The van der Waals surface area contributed by atoms with Crippen LogP contribution in [0.15, 0.2) is 12.4 Å². The molecule has 2 bridgehead atoms. The third kappa shape index (κ3) is 0.376. The fourth-order valence-electron chi connectivity index (χ4n) is 2.32. The number of aromatic nitrogens is 2. The molecule has 0 spiro atoms. The van der Waals surface area contributed by atoms with E-state index in [1.165, 1.54) is 25.1 Å². The lowest BCUT2D eigenvalue weighted by molar-refractivity contribution is -0.0339. The first-order valence-electron chi connectivity index (χ1n) is 3.89. The van der Waals surface area contributed by atoms with Crippen molar-refractivity contribution in [1.82, 2.24) is 9.97 Å². The third-order valence-electron chi connectivity index (χ3n) is 3.04. The Morgan fingerprint density at radius 1 is 1.50 bits per heavy atom. The van der Waals surface area contributed by atoms with Gasteiger partial charge in [-0.3, -0.25) is 0 Å². The quantitative estimate of drug-likeness (QED) is 0.619. The summed E-state index contributed by atoms with van der Waals surface area (Å²) in [5.74, 6) is 2.28. The van der Waals surface area contributed by atoms with Gasteiger partial charge in [-0.15, -0.1) is 0 Å². The molecule has 52 valence electrons. The van der Waals surface area contributed by atoms with E-state index >= 15 is 0 Å². The maximum Gasteiger partial charge on any atom is 0.112 e. The van der Waals surface area contributed by atoms with E-state index < -0.39 is 0 Å². The molecule has 0 aliphatic heterocycles. The van der Waals surface area contributed by atoms with Gasteiger partial charge in [0.2, 0.25) is 0 Å². The summed E-state index contributed by atoms with van der Waals surface area (Å²) in [6.45, 7) is 0. The lowest BCUT2D eigenvalue weighted by Crippen LogP contribution is -2.55. The molecular weight excluding hydrogens is 124 g/mol. The van der Waals surface area contributed by atoms with Crippen molar-refractivity contribution in [2.45, 2.75) is 24.7 Å². The van der Waals surface area contributed by atoms with Crippen LogP contribution < -0.4 is 0 Å². The van der Waals surface area contributed by atoms with Crippen molar-refractivity contribution in [1.29, 1.82) is 0 Å². The summed E-state index contributed by atoms with van der Waals surface area (Å²) in [5, 5.41) is 0. The molecule has 3 aliphatic rings. The molecule has 4 rings (SSSR count). The summed E-state index contributed by atoms with van der Waals surface area (Å²) in [5.41, 5.74) is 0.522. The van der Waals surface area contributed by atoms with Gasteiger partial charge < -0.3 is 4.98 Å². The van der Waals surface area contributed by atoms with Crippen molar-refractivity contribution < 1.29 is 0 Å². The molecule has 0 atom stereocenters. The van der Waals surface area contributed by atoms with Crippen molar-refractivity contribution in [3.8, 4) is 0 Å². The third-order valence-corrected chi connectivity index (χ3v) is 3.04. The molecule has 3 fully saturated rings. The van der Waals surface area contributed by atoms with Crippen LogP contribution in [-0.4, -0.2) is 9.97 Å². The highest BCUT2D eigenvalue weighted by atomic mass is 14.9. The van der Waals surface area contributed by atoms with E-state index in [-0.39, 0.29) is 0 Å². The van der Waals surface area contributed by atoms with Gasteiger partial charge in [0.1, 0.15) is 5.82 Å². The van der Waals surface area contributed by atoms with Gasteiger partial charge in [0, 0.05) is 17.8 Å². The van der Waals surface area contributed by atoms with Crippen LogP contribution in [0.25, 0.3) is 0 Å².